The molecule has 1 saturated heterocycles. The van der Waals surface area contributed by atoms with Gasteiger partial charge in [-0.1, -0.05) is 11.5 Å². The number of hydrogen-bond acceptors (Lipinski definition) is 3. The molecule has 1 aromatic rings. The smallest absolute Gasteiger partial charge is 0.296 e. The summed E-state index contributed by atoms with van der Waals surface area (Å²) in [6, 6.07) is 1.16. The van der Waals surface area contributed by atoms with Crippen LogP contribution in [0.15, 0.2) is 11.6 Å². The van der Waals surface area contributed by atoms with Crippen molar-refractivity contribution >= 4 is 23.1 Å². The van der Waals surface area contributed by atoms with E-state index in [0.29, 0.717) is 31.6 Å². The van der Waals surface area contributed by atoms with Crippen molar-refractivity contribution < 1.29 is 14.0 Å². The summed E-state index contributed by atoms with van der Waals surface area (Å²) in [5, 5.41) is 2.85. The molecular weight excluding hydrogens is 333 g/mol. The van der Waals surface area contributed by atoms with Crippen LogP contribution in [0.2, 0.25) is 0 Å². The van der Waals surface area contributed by atoms with Crippen molar-refractivity contribution in [1.82, 2.24) is 5.32 Å². The van der Waals surface area contributed by atoms with Crippen molar-refractivity contribution in [3.8, 4) is 11.8 Å². The molecule has 1 aliphatic heterocycles. The standard InChI is InChI=1S/C20H22FN3O2/c1-4-5-17(25)23-13-6-7-24(10-13)19-16(21)9-15(20(22)26)14-8-11(2)12(3)18(14)19/h9,13H,6-8,10H2,1-3H3,(H2,22,26)(H,23,25)/t13-/m0/s1. The van der Waals surface area contributed by atoms with Crippen LogP contribution in [0.3, 0.4) is 0 Å². The maximum Gasteiger partial charge on any atom is 0.296 e. The van der Waals surface area contributed by atoms with E-state index in [2.05, 4.69) is 17.2 Å². The molecule has 26 heavy (non-hydrogen) atoms. The average Bonchev–Trinajstić information content (AvgIpc) is 3.13. The van der Waals surface area contributed by atoms with Gasteiger partial charge in [-0.3, -0.25) is 9.59 Å². The summed E-state index contributed by atoms with van der Waals surface area (Å²) >= 11 is 0. The third kappa shape index (κ3) is 3.05. The Kier molecular flexibility index (Phi) is 4.73. The fraction of sp³-hybridized carbons (Fsp3) is 0.400. The Morgan fingerprint density at radius 2 is 2.12 bits per heavy atom. The maximum absolute atomic E-state index is 14.9. The molecule has 6 heteroatoms. The predicted molar refractivity (Wildman–Crippen MR) is 99.1 cm³/mol. The lowest BCUT2D eigenvalue weighted by Crippen LogP contribution is -2.36. The number of rotatable bonds is 3. The van der Waals surface area contributed by atoms with Gasteiger partial charge in [0.2, 0.25) is 5.91 Å². The second-order valence-electron chi connectivity index (χ2n) is 6.83. The third-order valence-electron chi connectivity index (χ3n) is 5.16. The molecule has 0 radical (unpaired) electrons. The Morgan fingerprint density at radius 3 is 2.77 bits per heavy atom. The van der Waals surface area contributed by atoms with E-state index in [1.165, 1.54) is 6.07 Å². The van der Waals surface area contributed by atoms with Crippen LogP contribution in [0.1, 0.15) is 48.7 Å². The number of benzene rings is 1. The Labute approximate surface area is 152 Å². The van der Waals surface area contributed by atoms with Crippen LogP contribution in [0.25, 0.3) is 5.57 Å². The van der Waals surface area contributed by atoms with Crippen LogP contribution in [-0.4, -0.2) is 30.9 Å². The SMILES string of the molecule is CC#CC(=O)N[C@H]1CCN(c2c(F)cc(C(N)=O)c3c2C(C)=C(C)C3)C1. The van der Waals surface area contributed by atoms with Crippen molar-refractivity contribution in [3.05, 3.63) is 34.1 Å². The molecular formula is C20H22FN3O2. The van der Waals surface area contributed by atoms with E-state index in [-0.39, 0.29) is 17.5 Å². The summed E-state index contributed by atoms with van der Waals surface area (Å²) in [6.07, 6.45) is 1.32. The quantitative estimate of drug-likeness (QED) is 0.814. The monoisotopic (exact) mass is 355 g/mol. The number of nitrogens with one attached hydrogen (secondary N) is 1. The van der Waals surface area contributed by atoms with Gasteiger partial charge in [0.1, 0.15) is 5.82 Å². The van der Waals surface area contributed by atoms with Crippen molar-refractivity contribution in [3.63, 3.8) is 0 Å². The number of carbonyl (C=O) groups is 2. The van der Waals surface area contributed by atoms with Crippen LogP contribution >= 0.6 is 0 Å². The minimum Gasteiger partial charge on any atom is -0.367 e. The van der Waals surface area contributed by atoms with Gasteiger partial charge >= 0.3 is 0 Å². The molecule has 0 spiro atoms. The zero-order valence-corrected chi connectivity index (χ0v) is 15.2. The van der Waals surface area contributed by atoms with Gasteiger partial charge in [-0.15, -0.1) is 0 Å². The molecule has 1 atom stereocenters. The van der Waals surface area contributed by atoms with Gasteiger partial charge in [0.25, 0.3) is 5.91 Å². The predicted octanol–water partition coefficient (Wildman–Crippen LogP) is 1.99. The highest BCUT2D eigenvalue weighted by molar-refractivity contribution is 5.99. The summed E-state index contributed by atoms with van der Waals surface area (Å²) in [4.78, 5) is 25.4. The highest BCUT2D eigenvalue weighted by Crippen LogP contribution is 2.43. The normalized spacial score (nSPS) is 18.5. The number of amides is 2. The lowest BCUT2D eigenvalue weighted by atomic mass is 9.97. The van der Waals surface area contributed by atoms with Gasteiger partial charge < -0.3 is 16.0 Å². The Balaban J connectivity index is 1.97. The molecule has 1 fully saturated rings. The number of primary amides is 1. The number of halogens is 1. The van der Waals surface area contributed by atoms with E-state index in [4.69, 9.17) is 5.73 Å². The largest absolute Gasteiger partial charge is 0.367 e. The Bertz CT molecular complexity index is 893. The Morgan fingerprint density at radius 1 is 1.38 bits per heavy atom. The van der Waals surface area contributed by atoms with Gasteiger partial charge in [-0.05, 0) is 56.7 Å². The first-order valence-corrected chi connectivity index (χ1v) is 8.63. The highest BCUT2D eigenvalue weighted by atomic mass is 19.1. The number of allylic oxidation sites excluding steroid dienone is 2. The van der Waals surface area contributed by atoms with Gasteiger partial charge in [0.05, 0.1) is 5.69 Å². The van der Waals surface area contributed by atoms with Gasteiger partial charge in [0.15, 0.2) is 0 Å². The van der Waals surface area contributed by atoms with Crippen LogP contribution < -0.4 is 16.0 Å². The molecule has 3 N–H and O–H groups in total. The number of anilines is 1. The maximum atomic E-state index is 14.9. The molecule has 3 rings (SSSR count). The summed E-state index contributed by atoms with van der Waals surface area (Å²) in [7, 11) is 0. The van der Waals surface area contributed by atoms with Gasteiger partial charge in [-0.25, -0.2) is 4.39 Å². The number of nitrogens with zero attached hydrogens (tertiary/aromatic N) is 1. The molecule has 1 aromatic carbocycles. The van der Waals surface area contributed by atoms with E-state index in [9.17, 15) is 14.0 Å². The zero-order valence-electron chi connectivity index (χ0n) is 15.2. The molecule has 0 bridgehead atoms. The van der Waals surface area contributed by atoms with Crippen LogP contribution in [0.5, 0.6) is 0 Å². The van der Waals surface area contributed by atoms with Crippen molar-refractivity contribution in [2.75, 3.05) is 18.0 Å². The molecule has 0 saturated carbocycles. The van der Waals surface area contributed by atoms with Crippen LogP contribution in [0.4, 0.5) is 10.1 Å². The van der Waals surface area contributed by atoms with Gasteiger partial charge in [0, 0.05) is 30.3 Å². The third-order valence-corrected chi connectivity index (χ3v) is 5.16. The molecule has 2 aliphatic rings. The van der Waals surface area contributed by atoms with E-state index in [0.717, 1.165) is 22.3 Å². The van der Waals surface area contributed by atoms with E-state index < -0.39 is 11.7 Å². The number of fused-ring (bicyclic) bond motifs is 1. The summed E-state index contributed by atoms with van der Waals surface area (Å²) in [5.74, 6) is 3.65. The molecule has 1 aliphatic carbocycles. The first-order valence-electron chi connectivity index (χ1n) is 8.63. The minimum atomic E-state index is -0.612. The molecule has 136 valence electrons. The molecule has 2 amide bonds. The summed E-state index contributed by atoms with van der Waals surface area (Å²) < 4.78 is 14.9. The highest BCUT2D eigenvalue weighted by Gasteiger charge is 2.33. The van der Waals surface area contributed by atoms with Crippen molar-refractivity contribution in [2.24, 2.45) is 5.73 Å². The zero-order chi connectivity index (χ0) is 19.0. The van der Waals surface area contributed by atoms with Crippen LogP contribution in [0, 0.1) is 17.7 Å². The second-order valence-corrected chi connectivity index (χ2v) is 6.83. The van der Waals surface area contributed by atoms with Crippen LogP contribution in [-0.2, 0) is 11.2 Å². The topological polar surface area (TPSA) is 75.4 Å². The average molecular weight is 355 g/mol. The minimum absolute atomic E-state index is 0.0824. The molecule has 5 nitrogen and oxygen atoms in total. The van der Waals surface area contributed by atoms with E-state index >= 15 is 0 Å². The molecule has 1 heterocycles. The van der Waals surface area contributed by atoms with Crippen molar-refractivity contribution in [1.29, 1.82) is 0 Å². The lowest BCUT2D eigenvalue weighted by Gasteiger charge is -2.24. The first kappa shape index (κ1) is 18.0. The van der Waals surface area contributed by atoms with E-state index in [1.807, 2.05) is 18.7 Å². The summed E-state index contributed by atoms with van der Waals surface area (Å²) in [5.41, 5.74) is 9.87. The van der Waals surface area contributed by atoms with Crippen molar-refractivity contribution in [2.45, 2.75) is 39.7 Å². The number of nitrogens with two attached hydrogens (primary N) is 1. The molecule has 0 unspecified atom stereocenters. The van der Waals surface area contributed by atoms with Gasteiger partial charge in [-0.2, -0.15) is 0 Å². The fourth-order valence-corrected chi connectivity index (χ4v) is 3.82. The second kappa shape index (κ2) is 6.83. The first-order chi connectivity index (χ1) is 12.3. The molecule has 0 aromatic heterocycles. The summed E-state index contributed by atoms with van der Waals surface area (Å²) in [6.45, 7) is 6.66. The van der Waals surface area contributed by atoms with E-state index in [1.54, 1.807) is 6.92 Å². The fourth-order valence-electron chi connectivity index (χ4n) is 3.82. The number of carbonyl (C=O) groups excluding carboxylic acids is 2. The Hall–Kier alpha value is -2.81. The number of hydrogen-bond donors (Lipinski definition) is 2. The lowest BCUT2D eigenvalue weighted by molar-refractivity contribution is -0.116.